The fourth-order valence-electron chi connectivity index (χ4n) is 1.67. The molecule has 1 aromatic rings. The number of thioether (sulfide) groups is 1. The Morgan fingerprint density at radius 1 is 1.26 bits per heavy atom. The first-order valence-electron chi connectivity index (χ1n) is 5.88. The van der Waals surface area contributed by atoms with E-state index in [1.807, 2.05) is 0 Å². The number of hydrogen-bond acceptors (Lipinski definition) is 3. The third-order valence-corrected chi connectivity index (χ3v) is 4.15. The zero-order valence-corrected chi connectivity index (χ0v) is 11.5. The second-order valence-corrected chi connectivity index (χ2v) is 6.21. The standard InChI is InChI=1S/C13H15F3N2S/c1-12(2)7-17-11(19-8-12)18-10-6-4-3-5-9(10)13(14,15)16/h3-6H,7-8H2,1-2H3,(H,17,18). The van der Waals surface area contributed by atoms with E-state index < -0.39 is 11.7 Å². The second kappa shape index (κ2) is 5.07. The SMILES string of the molecule is CC1(C)CN=C(Nc2ccccc2C(F)(F)F)SC1. The van der Waals surface area contributed by atoms with Crippen LogP contribution in [0.2, 0.25) is 0 Å². The highest BCUT2D eigenvalue weighted by molar-refractivity contribution is 8.14. The lowest BCUT2D eigenvalue weighted by Crippen LogP contribution is -2.27. The number of hydrogen-bond donors (Lipinski definition) is 1. The van der Waals surface area contributed by atoms with Crippen LogP contribution >= 0.6 is 11.8 Å². The van der Waals surface area contributed by atoms with Crippen molar-refractivity contribution in [1.29, 1.82) is 0 Å². The van der Waals surface area contributed by atoms with Crippen LogP contribution in [0.3, 0.4) is 0 Å². The number of anilines is 1. The Hall–Kier alpha value is -1.17. The van der Waals surface area contributed by atoms with E-state index in [1.54, 1.807) is 6.07 Å². The van der Waals surface area contributed by atoms with E-state index in [-0.39, 0.29) is 11.1 Å². The molecule has 0 unspecified atom stereocenters. The van der Waals surface area contributed by atoms with Crippen molar-refractivity contribution < 1.29 is 13.2 Å². The van der Waals surface area contributed by atoms with Gasteiger partial charge in [-0.1, -0.05) is 37.7 Å². The highest BCUT2D eigenvalue weighted by Crippen LogP contribution is 2.36. The van der Waals surface area contributed by atoms with Crippen molar-refractivity contribution in [1.82, 2.24) is 0 Å². The van der Waals surface area contributed by atoms with Gasteiger partial charge in [0.1, 0.15) is 0 Å². The van der Waals surface area contributed by atoms with Gasteiger partial charge in [-0.25, -0.2) is 0 Å². The van der Waals surface area contributed by atoms with E-state index in [4.69, 9.17) is 0 Å². The van der Waals surface area contributed by atoms with Crippen LogP contribution in [0.4, 0.5) is 18.9 Å². The van der Waals surface area contributed by atoms with Gasteiger partial charge >= 0.3 is 6.18 Å². The predicted octanol–water partition coefficient (Wildman–Crippen LogP) is 4.25. The summed E-state index contributed by atoms with van der Waals surface area (Å²) in [5.41, 5.74) is -0.511. The molecule has 1 aromatic carbocycles. The molecule has 0 radical (unpaired) electrons. The van der Waals surface area contributed by atoms with Crippen LogP contribution in [0.15, 0.2) is 29.3 Å². The molecule has 104 valence electrons. The molecule has 0 saturated heterocycles. The maximum atomic E-state index is 12.8. The number of amidine groups is 1. The molecule has 2 rings (SSSR count). The third kappa shape index (κ3) is 3.65. The van der Waals surface area contributed by atoms with Gasteiger partial charge in [0.05, 0.1) is 11.3 Å². The Morgan fingerprint density at radius 3 is 2.53 bits per heavy atom. The first-order valence-corrected chi connectivity index (χ1v) is 6.87. The highest BCUT2D eigenvalue weighted by Gasteiger charge is 2.33. The molecule has 19 heavy (non-hydrogen) atoms. The normalized spacial score (nSPS) is 18.9. The number of benzene rings is 1. The van der Waals surface area contributed by atoms with Crippen LogP contribution in [0.1, 0.15) is 19.4 Å². The van der Waals surface area contributed by atoms with Crippen molar-refractivity contribution in [3.8, 4) is 0 Å². The molecule has 1 aliphatic heterocycles. The van der Waals surface area contributed by atoms with Gasteiger partial charge in [-0.2, -0.15) is 13.2 Å². The summed E-state index contributed by atoms with van der Waals surface area (Å²) in [7, 11) is 0. The number of nitrogens with one attached hydrogen (secondary N) is 1. The van der Waals surface area contributed by atoms with Crippen molar-refractivity contribution in [2.24, 2.45) is 10.4 Å². The largest absolute Gasteiger partial charge is 0.418 e. The van der Waals surface area contributed by atoms with Crippen molar-refractivity contribution >= 4 is 22.6 Å². The summed E-state index contributed by atoms with van der Waals surface area (Å²) in [6, 6.07) is 5.45. The molecule has 0 spiro atoms. The van der Waals surface area contributed by atoms with E-state index >= 15 is 0 Å². The van der Waals surface area contributed by atoms with Gasteiger partial charge in [0.2, 0.25) is 0 Å². The lowest BCUT2D eigenvalue weighted by molar-refractivity contribution is -0.136. The van der Waals surface area contributed by atoms with Crippen LogP contribution in [-0.4, -0.2) is 17.5 Å². The monoisotopic (exact) mass is 288 g/mol. The van der Waals surface area contributed by atoms with Gasteiger partial charge in [0.15, 0.2) is 5.17 Å². The fourth-order valence-corrected chi connectivity index (χ4v) is 2.63. The first-order chi connectivity index (χ1) is 8.78. The van der Waals surface area contributed by atoms with Crippen molar-refractivity contribution in [3.63, 3.8) is 0 Å². The Bertz CT molecular complexity index is 495. The van der Waals surface area contributed by atoms with Crippen molar-refractivity contribution in [3.05, 3.63) is 29.8 Å². The number of rotatable bonds is 1. The van der Waals surface area contributed by atoms with Gasteiger partial charge in [-0.05, 0) is 17.5 Å². The molecule has 0 aromatic heterocycles. The summed E-state index contributed by atoms with van der Waals surface area (Å²) < 4.78 is 38.5. The minimum absolute atomic E-state index is 0.0564. The van der Waals surface area contributed by atoms with E-state index in [9.17, 15) is 13.2 Å². The quantitative estimate of drug-likeness (QED) is 0.835. The topological polar surface area (TPSA) is 24.4 Å². The summed E-state index contributed by atoms with van der Waals surface area (Å²) in [5, 5.41) is 3.34. The van der Waals surface area contributed by atoms with E-state index in [0.717, 1.165) is 11.8 Å². The summed E-state index contributed by atoms with van der Waals surface area (Å²) in [6.07, 6.45) is -4.36. The summed E-state index contributed by atoms with van der Waals surface area (Å²) in [4.78, 5) is 4.30. The van der Waals surface area contributed by atoms with Gasteiger partial charge in [-0.15, -0.1) is 0 Å². The lowest BCUT2D eigenvalue weighted by Gasteiger charge is -2.27. The molecule has 0 amide bonds. The van der Waals surface area contributed by atoms with Crippen LogP contribution < -0.4 is 5.32 Å². The number of aliphatic imine (C=N–C) groups is 1. The number of para-hydroxylation sites is 1. The Labute approximate surface area is 114 Å². The lowest BCUT2D eigenvalue weighted by atomic mass is 9.97. The van der Waals surface area contributed by atoms with Crippen LogP contribution in [0.5, 0.6) is 0 Å². The Morgan fingerprint density at radius 2 is 1.95 bits per heavy atom. The molecule has 1 N–H and O–H groups in total. The average molecular weight is 288 g/mol. The summed E-state index contributed by atoms with van der Waals surface area (Å²) in [6.45, 7) is 4.80. The molecule has 0 atom stereocenters. The number of alkyl halides is 3. The minimum Gasteiger partial charge on any atom is -0.334 e. The van der Waals surface area contributed by atoms with E-state index in [0.29, 0.717) is 11.7 Å². The molecular formula is C13H15F3N2S. The zero-order valence-electron chi connectivity index (χ0n) is 10.7. The summed E-state index contributed by atoms with van der Waals surface area (Å²) in [5.74, 6) is 0.840. The average Bonchev–Trinajstić information content (AvgIpc) is 2.31. The van der Waals surface area contributed by atoms with Gasteiger partial charge in [-0.3, -0.25) is 4.99 Å². The molecule has 6 heteroatoms. The molecule has 1 aliphatic rings. The van der Waals surface area contributed by atoms with E-state index in [2.05, 4.69) is 24.2 Å². The van der Waals surface area contributed by atoms with E-state index in [1.165, 1.54) is 23.9 Å². The Balaban J connectivity index is 2.19. The number of nitrogens with zero attached hydrogens (tertiary/aromatic N) is 1. The van der Waals surface area contributed by atoms with Crippen molar-refractivity contribution in [2.75, 3.05) is 17.6 Å². The van der Waals surface area contributed by atoms with Crippen molar-refractivity contribution in [2.45, 2.75) is 20.0 Å². The fraction of sp³-hybridized carbons (Fsp3) is 0.462. The van der Waals surface area contributed by atoms with Gasteiger partial charge < -0.3 is 5.32 Å². The molecule has 1 heterocycles. The molecule has 0 aliphatic carbocycles. The third-order valence-electron chi connectivity index (χ3n) is 2.72. The predicted molar refractivity (Wildman–Crippen MR) is 73.6 cm³/mol. The molecule has 0 fully saturated rings. The highest BCUT2D eigenvalue weighted by atomic mass is 32.2. The maximum Gasteiger partial charge on any atom is 0.418 e. The summed E-state index contributed by atoms with van der Waals surface area (Å²) >= 11 is 1.46. The zero-order chi connectivity index (χ0) is 14.1. The second-order valence-electron chi connectivity index (χ2n) is 5.24. The first kappa shape index (κ1) is 14.2. The minimum atomic E-state index is -4.36. The molecule has 2 nitrogen and oxygen atoms in total. The van der Waals surface area contributed by atoms with Gasteiger partial charge in [0.25, 0.3) is 0 Å². The maximum absolute atomic E-state index is 12.8. The number of halogens is 3. The van der Waals surface area contributed by atoms with Crippen LogP contribution in [-0.2, 0) is 6.18 Å². The van der Waals surface area contributed by atoms with Crippen LogP contribution in [0, 0.1) is 5.41 Å². The van der Waals surface area contributed by atoms with Gasteiger partial charge in [0, 0.05) is 12.3 Å². The molecular weight excluding hydrogens is 273 g/mol. The smallest absolute Gasteiger partial charge is 0.334 e. The Kier molecular flexibility index (Phi) is 3.80. The molecule has 0 saturated carbocycles. The van der Waals surface area contributed by atoms with Crippen LogP contribution in [0.25, 0.3) is 0 Å². The molecule has 0 bridgehead atoms.